The van der Waals surface area contributed by atoms with E-state index in [-0.39, 0.29) is 24.8 Å². The fourth-order valence-corrected chi connectivity index (χ4v) is 13.2. The molecule has 0 nitrogen and oxygen atoms in total. The molecule has 0 heterocycles. The van der Waals surface area contributed by atoms with Gasteiger partial charge in [0.15, 0.2) is 0 Å². The molecule has 0 fully saturated rings. The minimum Gasteiger partial charge on any atom is -1.00 e. The Bertz CT molecular complexity index is 1060. The molecule has 2 aliphatic rings. The molecule has 0 saturated heterocycles. The monoisotopic (exact) mass is 506 g/mol. The van der Waals surface area contributed by atoms with Crippen molar-refractivity contribution in [1.29, 1.82) is 0 Å². The summed E-state index contributed by atoms with van der Waals surface area (Å²) in [5.41, 5.74) is 5.72. The summed E-state index contributed by atoms with van der Waals surface area (Å²) in [5.74, 6) is 0. The van der Waals surface area contributed by atoms with Crippen LogP contribution >= 0.6 is 0 Å². The van der Waals surface area contributed by atoms with E-state index >= 15 is 0 Å². The van der Waals surface area contributed by atoms with Gasteiger partial charge in [0, 0.05) is 0 Å². The van der Waals surface area contributed by atoms with E-state index in [4.69, 9.17) is 0 Å². The van der Waals surface area contributed by atoms with Crippen molar-refractivity contribution < 1.29 is 46.1 Å². The van der Waals surface area contributed by atoms with E-state index in [0.717, 1.165) is 0 Å². The Morgan fingerprint density at radius 2 is 1.13 bits per heavy atom. The fourth-order valence-electron chi connectivity index (χ4n) is 4.40. The van der Waals surface area contributed by atoms with Crippen molar-refractivity contribution in [2.45, 2.75) is 7.25 Å². The first kappa shape index (κ1) is 22.9. The molecule has 0 aromatic heterocycles. The molecule has 30 heavy (non-hydrogen) atoms. The summed E-state index contributed by atoms with van der Waals surface area (Å²) in [6.07, 6.45) is 14.2. The van der Waals surface area contributed by atoms with Crippen LogP contribution in [0.4, 0.5) is 0 Å². The molecule has 5 rings (SSSR count). The molecule has 0 bridgehead atoms. The van der Waals surface area contributed by atoms with Gasteiger partial charge in [-0.25, -0.2) is 0 Å². The molecule has 0 saturated carbocycles. The van der Waals surface area contributed by atoms with Gasteiger partial charge in [0.05, 0.1) is 0 Å². The van der Waals surface area contributed by atoms with Crippen molar-refractivity contribution in [2.24, 2.45) is 0 Å². The van der Waals surface area contributed by atoms with Crippen LogP contribution in [-0.4, -0.2) is 3.21 Å². The van der Waals surface area contributed by atoms with Gasteiger partial charge in [0.2, 0.25) is 0 Å². The molecule has 0 unspecified atom stereocenters. The van der Waals surface area contributed by atoms with Crippen molar-refractivity contribution in [3.05, 3.63) is 138 Å². The van der Waals surface area contributed by atoms with Crippen molar-refractivity contribution in [3.8, 4) is 0 Å². The molecule has 3 aromatic carbocycles. The normalized spacial score (nSPS) is 15.6. The number of hydrogen-bond acceptors (Lipinski definition) is 0. The molecular formula is C27H22Cl2Zr. The fraction of sp³-hybridized carbons (Fsp3) is 0.0741. The number of rotatable bonds is 4. The first-order chi connectivity index (χ1) is 13.9. The zero-order chi connectivity index (χ0) is 18.8. The molecule has 3 aromatic rings. The first-order valence-electron chi connectivity index (χ1n) is 9.89. The zero-order valence-electron chi connectivity index (χ0n) is 16.5. The Morgan fingerprint density at radius 3 is 1.73 bits per heavy atom. The van der Waals surface area contributed by atoms with E-state index in [2.05, 4.69) is 121 Å². The second-order valence-electron chi connectivity index (χ2n) is 7.32. The van der Waals surface area contributed by atoms with Crippen LogP contribution in [0.3, 0.4) is 0 Å². The van der Waals surface area contributed by atoms with E-state index in [9.17, 15) is 0 Å². The van der Waals surface area contributed by atoms with Gasteiger partial charge in [-0.15, -0.1) is 0 Å². The molecule has 2 aliphatic carbocycles. The molecule has 0 N–H and O–H groups in total. The number of fused-ring (bicyclic) bond motifs is 1. The summed E-state index contributed by atoms with van der Waals surface area (Å²) in [6.45, 7) is 0. The largest absolute Gasteiger partial charge is 1.00 e. The summed E-state index contributed by atoms with van der Waals surface area (Å²) in [6, 6.07) is 31.1. The second-order valence-corrected chi connectivity index (χ2v) is 14.0. The van der Waals surface area contributed by atoms with Gasteiger partial charge in [0.1, 0.15) is 0 Å². The molecule has 1 atom stereocenters. The minimum atomic E-state index is -2.25. The molecule has 0 radical (unpaired) electrons. The van der Waals surface area contributed by atoms with Crippen LogP contribution in [-0.2, 0) is 21.3 Å². The van der Waals surface area contributed by atoms with E-state index in [1.54, 1.807) is 3.21 Å². The quantitative estimate of drug-likeness (QED) is 0.484. The van der Waals surface area contributed by atoms with Crippen molar-refractivity contribution in [2.75, 3.05) is 0 Å². The maximum atomic E-state index is 2.49. The van der Waals surface area contributed by atoms with Gasteiger partial charge in [-0.05, 0) is 0 Å². The zero-order valence-corrected chi connectivity index (χ0v) is 20.4. The maximum Gasteiger partial charge on any atom is -1.00 e. The molecular weight excluding hydrogens is 486 g/mol. The van der Waals surface area contributed by atoms with Gasteiger partial charge in [-0.3, -0.25) is 0 Å². The van der Waals surface area contributed by atoms with Crippen LogP contribution in [0.15, 0.2) is 115 Å². The predicted molar refractivity (Wildman–Crippen MR) is 116 cm³/mol. The first-order valence-corrected chi connectivity index (χ1v) is 14.0. The molecule has 0 aliphatic heterocycles. The molecule has 0 spiro atoms. The third-order valence-corrected chi connectivity index (χ3v) is 14.1. The van der Waals surface area contributed by atoms with Gasteiger partial charge in [0.25, 0.3) is 0 Å². The average Bonchev–Trinajstić information content (AvgIpc) is 3.44. The number of allylic oxidation sites excluding steroid dienone is 5. The summed E-state index contributed by atoms with van der Waals surface area (Å²) < 4.78 is 2.76. The molecule has 0 amide bonds. The molecule has 3 heteroatoms. The van der Waals surface area contributed by atoms with E-state index in [0.29, 0.717) is 7.25 Å². The molecule has 148 valence electrons. The van der Waals surface area contributed by atoms with Crippen LogP contribution in [0, 0.1) is 0 Å². The minimum absolute atomic E-state index is 0. The van der Waals surface area contributed by atoms with E-state index in [1.165, 1.54) is 22.3 Å². The van der Waals surface area contributed by atoms with Crippen molar-refractivity contribution in [3.63, 3.8) is 0 Å². The Kier molecular flexibility index (Phi) is 8.01. The van der Waals surface area contributed by atoms with Gasteiger partial charge < -0.3 is 24.8 Å². The number of benzene rings is 3. The predicted octanol–water partition coefficient (Wildman–Crippen LogP) is 0.564. The summed E-state index contributed by atoms with van der Waals surface area (Å²) in [4.78, 5) is 0. The standard InChI is InChI=1S/C13H10.C9H7.C5H5.2ClH.Zr/c1-3-7-12(8-4-1)11-13-9-5-2-6-10-13;1-2-5-9-7-3-6-8(9)4-1;1-2-4-5-3-1;;;/h1-10H;1-7H;1-5H;2*1H;/q;;;;;+2/p-2. The average molecular weight is 509 g/mol. The van der Waals surface area contributed by atoms with Crippen LogP contribution in [0.25, 0.3) is 6.08 Å². The van der Waals surface area contributed by atoms with Gasteiger partial charge >= 0.3 is 175 Å². The van der Waals surface area contributed by atoms with Gasteiger partial charge in [-0.1, -0.05) is 0 Å². The Labute approximate surface area is 199 Å². The Hall–Kier alpha value is -1.79. The topological polar surface area (TPSA) is 0 Å². The number of hydrogen-bond donors (Lipinski definition) is 0. The summed E-state index contributed by atoms with van der Waals surface area (Å²) >= 11 is -2.25. The number of halogens is 2. The van der Waals surface area contributed by atoms with Crippen LogP contribution in [0.1, 0.15) is 25.9 Å². The van der Waals surface area contributed by atoms with Crippen LogP contribution in [0.5, 0.6) is 0 Å². The second kappa shape index (κ2) is 10.5. The maximum absolute atomic E-state index is 2.49. The van der Waals surface area contributed by atoms with E-state index < -0.39 is 21.3 Å². The summed E-state index contributed by atoms with van der Waals surface area (Å²) in [7, 11) is 0. The van der Waals surface area contributed by atoms with Gasteiger partial charge in [-0.2, -0.15) is 0 Å². The Morgan fingerprint density at radius 1 is 0.600 bits per heavy atom. The van der Waals surface area contributed by atoms with Crippen molar-refractivity contribution in [1.82, 2.24) is 0 Å². The van der Waals surface area contributed by atoms with Crippen molar-refractivity contribution >= 4 is 9.28 Å². The van der Waals surface area contributed by atoms with E-state index in [1.807, 2.05) is 0 Å². The third-order valence-electron chi connectivity index (χ3n) is 5.66. The SMILES string of the molecule is C1=C[CH]([Zr+2](=[C](c2ccccc2)c2ccccc2)[C@@H]2C=Cc3ccccc32)C=C1.[Cl-].[Cl-]. The smallest absolute Gasteiger partial charge is 1.00 e. The Balaban J connectivity index is 0.00000128. The summed E-state index contributed by atoms with van der Waals surface area (Å²) in [5, 5.41) is 0. The van der Waals surface area contributed by atoms with Crippen LogP contribution in [0.2, 0.25) is 3.63 Å². The third kappa shape index (κ3) is 4.45. The van der Waals surface area contributed by atoms with Crippen LogP contribution < -0.4 is 24.8 Å².